The van der Waals surface area contributed by atoms with Crippen LogP contribution in [0.1, 0.15) is 0 Å². The van der Waals surface area contributed by atoms with Gasteiger partial charge in [-0.1, -0.05) is 164 Å². The summed E-state index contributed by atoms with van der Waals surface area (Å²) in [6.45, 7) is 0. The molecule has 0 N–H and O–H groups in total. The molecule has 0 aliphatic heterocycles. The molecule has 3 heteroatoms. The largest absolute Gasteiger partial charge is 0.456 e. The van der Waals surface area contributed by atoms with Crippen LogP contribution in [0.3, 0.4) is 0 Å². The number of hydrogen-bond acceptors (Lipinski definition) is 3. The Hall–Kier alpha value is -8.14. The average Bonchev–Trinajstić information content (AvgIpc) is 3.90. The summed E-state index contributed by atoms with van der Waals surface area (Å²) in [4.78, 5) is 2.37. The van der Waals surface area contributed by atoms with Crippen LogP contribution in [-0.4, -0.2) is 0 Å². The van der Waals surface area contributed by atoms with E-state index in [1.54, 1.807) is 0 Å². The van der Waals surface area contributed by atoms with Crippen molar-refractivity contribution in [2.75, 3.05) is 4.90 Å². The molecule has 0 saturated heterocycles. The van der Waals surface area contributed by atoms with E-state index in [1.165, 1.54) is 21.9 Å². The van der Waals surface area contributed by atoms with Crippen molar-refractivity contribution in [2.24, 2.45) is 0 Å². The Balaban J connectivity index is 0.978. The van der Waals surface area contributed by atoms with Crippen molar-refractivity contribution in [3.05, 3.63) is 224 Å². The lowest BCUT2D eigenvalue weighted by molar-refractivity contribution is 0.669. The zero-order chi connectivity index (χ0) is 40.3. The normalized spacial score (nSPS) is 11.6. The molecule has 10 aromatic carbocycles. The first-order valence-corrected chi connectivity index (χ1v) is 20.7. The fourth-order valence-corrected chi connectivity index (χ4v) is 9.14. The molecule has 286 valence electrons. The lowest BCUT2D eigenvalue weighted by Crippen LogP contribution is -2.11. The van der Waals surface area contributed by atoms with Gasteiger partial charge in [0.2, 0.25) is 0 Å². The number of para-hydroxylation sites is 4. The molecule has 0 aliphatic carbocycles. The highest BCUT2D eigenvalue weighted by atomic mass is 16.3. The van der Waals surface area contributed by atoms with Gasteiger partial charge in [-0.2, -0.15) is 0 Å². The molecule has 0 spiro atoms. The summed E-state index contributed by atoms with van der Waals surface area (Å²) in [6.07, 6.45) is 0. The molecule has 0 aliphatic rings. The Labute approximate surface area is 353 Å². The lowest BCUT2D eigenvalue weighted by atomic mass is 9.94. The molecule has 2 heterocycles. The maximum Gasteiger partial charge on any atom is 0.143 e. The molecule has 0 amide bonds. The predicted molar refractivity (Wildman–Crippen MR) is 255 cm³/mol. The van der Waals surface area contributed by atoms with Crippen molar-refractivity contribution >= 4 is 71.7 Å². The SMILES string of the molecule is c1cc(-c2ccccc2N(c2ccc(-c3ccc4c(c3)oc3ccccc34)cc2)c2ccc(-c3cccc4c3oc3ccccc34)cc2)cc(-c2cccc3ccccc23)c1. The maximum absolute atomic E-state index is 6.45. The fraction of sp³-hybridized carbons (Fsp3) is 0. The van der Waals surface area contributed by atoms with E-state index in [9.17, 15) is 0 Å². The molecule has 0 radical (unpaired) electrons. The summed E-state index contributed by atoms with van der Waals surface area (Å²) in [6, 6.07) is 80.0. The average molecular weight is 780 g/mol. The summed E-state index contributed by atoms with van der Waals surface area (Å²) in [5.74, 6) is 0. The van der Waals surface area contributed by atoms with E-state index in [1.807, 2.05) is 24.3 Å². The zero-order valence-electron chi connectivity index (χ0n) is 33.1. The van der Waals surface area contributed by atoms with E-state index in [0.717, 1.165) is 94.3 Å². The second-order valence-corrected chi connectivity index (χ2v) is 15.6. The minimum absolute atomic E-state index is 0.891. The second-order valence-electron chi connectivity index (χ2n) is 15.6. The van der Waals surface area contributed by atoms with E-state index >= 15 is 0 Å². The van der Waals surface area contributed by atoms with Gasteiger partial charge in [-0.05, 0) is 105 Å². The summed E-state index contributed by atoms with van der Waals surface area (Å²) < 4.78 is 12.7. The third-order valence-electron chi connectivity index (χ3n) is 12.1. The monoisotopic (exact) mass is 779 g/mol. The number of anilines is 3. The molecule has 0 atom stereocenters. The molecule has 3 nitrogen and oxygen atoms in total. The highest BCUT2D eigenvalue weighted by Gasteiger charge is 2.19. The number of hydrogen-bond donors (Lipinski definition) is 0. The quantitative estimate of drug-likeness (QED) is 0.161. The standard InChI is InChI=1S/C58H37NO2/c1-2-16-46-39(12-1)13-10-20-47(46)42-14-9-15-43(36-42)48-17-3-6-23-54(48)59(44-31-26-38(27-32-44)41-30-35-52-50-18-4-7-24-55(50)60-57(52)37-41)45-33-28-40(29-34-45)49-21-11-22-53-51-19-5-8-25-56(51)61-58(49)53/h1-37H. The van der Waals surface area contributed by atoms with Crippen LogP contribution in [0.4, 0.5) is 17.1 Å². The van der Waals surface area contributed by atoms with Crippen LogP contribution in [0, 0.1) is 0 Å². The molecule has 0 fully saturated rings. The smallest absolute Gasteiger partial charge is 0.143 e. The van der Waals surface area contributed by atoms with Gasteiger partial charge in [-0.15, -0.1) is 0 Å². The maximum atomic E-state index is 6.45. The van der Waals surface area contributed by atoms with E-state index in [4.69, 9.17) is 8.83 Å². The second kappa shape index (κ2) is 14.3. The van der Waals surface area contributed by atoms with Crippen LogP contribution in [0.15, 0.2) is 233 Å². The van der Waals surface area contributed by atoms with Crippen LogP contribution in [0.25, 0.3) is 99.2 Å². The third-order valence-corrected chi connectivity index (χ3v) is 12.1. The van der Waals surface area contributed by atoms with Crippen molar-refractivity contribution in [2.45, 2.75) is 0 Å². The summed E-state index contributed by atoms with van der Waals surface area (Å²) in [5, 5.41) is 7.00. The van der Waals surface area contributed by atoms with Crippen LogP contribution in [0.2, 0.25) is 0 Å². The Kier molecular flexibility index (Phi) is 8.17. The summed E-state index contributed by atoms with van der Waals surface area (Å²) in [7, 11) is 0. The molecule has 0 saturated carbocycles. The van der Waals surface area contributed by atoms with Crippen molar-refractivity contribution in [3.63, 3.8) is 0 Å². The Morgan fingerprint density at radius 3 is 1.61 bits per heavy atom. The summed E-state index contributed by atoms with van der Waals surface area (Å²) >= 11 is 0. The van der Waals surface area contributed by atoms with Gasteiger partial charge in [0, 0.05) is 44.0 Å². The van der Waals surface area contributed by atoms with Gasteiger partial charge in [-0.25, -0.2) is 0 Å². The van der Waals surface area contributed by atoms with Gasteiger partial charge < -0.3 is 13.7 Å². The number of fused-ring (bicyclic) bond motifs is 7. The molecule has 12 aromatic rings. The highest BCUT2D eigenvalue weighted by Crippen LogP contribution is 2.44. The number of benzene rings is 10. The van der Waals surface area contributed by atoms with Gasteiger partial charge >= 0.3 is 0 Å². The number of nitrogens with zero attached hydrogens (tertiary/aromatic N) is 1. The topological polar surface area (TPSA) is 29.5 Å². The lowest BCUT2D eigenvalue weighted by Gasteiger charge is -2.28. The van der Waals surface area contributed by atoms with Crippen molar-refractivity contribution in [3.8, 4) is 44.5 Å². The molecule has 61 heavy (non-hydrogen) atoms. The Morgan fingerprint density at radius 2 is 0.803 bits per heavy atom. The first-order valence-electron chi connectivity index (χ1n) is 20.7. The third kappa shape index (κ3) is 5.98. The van der Waals surface area contributed by atoms with Crippen LogP contribution < -0.4 is 4.90 Å². The van der Waals surface area contributed by atoms with Crippen molar-refractivity contribution in [1.82, 2.24) is 0 Å². The van der Waals surface area contributed by atoms with Gasteiger partial charge in [-0.3, -0.25) is 0 Å². The highest BCUT2D eigenvalue weighted by molar-refractivity contribution is 6.10. The predicted octanol–water partition coefficient (Wildman–Crippen LogP) is 16.8. The van der Waals surface area contributed by atoms with E-state index < -0.39 is 0 Å². The molecule has 2 aromatic heterocycles. The van der Waals surface area contributed by atoms with Gasteiger partial charge in [0.15, 0.2) is 0 Å². The van der Waals surface area contributed by atoms with E-state index in [0.29, 0.717) is 0 Å². The molecule has 0 bridgehead atoms. The first-order chi connectivity index (χ1) is 30.2. The fourth-order valence-electron chi connectivity index (χ4n) is 9.14. The van der Waals surface area contributed by atoms with Gasteiger partial charge in [0.05, 0.1) is 5.69 Å². The minimum Gasteiger partial charge on any atom is -0.456 e. The molecular formula is C58H37NO2. The molecular weight excluding hydrogens is 743 g/mol. The number of furan rings is 2. The summed E-state index contributed by atoms with van der Waals surface area (Å²) in [5.41, 5.74) is 15.9. The zero-order valence-corrected chi connectivity index (χ0v) is 33.1. The van der Waals surface area contributed by atoms with E-state index in [2.05, 4.69) is 205 Å². The Bertz CT molecular complexity index is 3590. The van der Waals surface area contributed by atoms with Crippen molar-refractivity contribution in [1.29, 1.82) is 0 Å². The van der Waals surface area contributed by atoms with Crippen LogP contribution in [0.5, 0.6) is 0 Å². The van der Waals surface area contributed by atoms with Crippen molar-refractivity contribution < 1.29 is 8.83 Å². The Morgan fingerprint density at radius 1 is 0.279 bits per heavy atom. The van der Waals surface area contributed by atoms with Gasteiger partial charge in [0.1, 0.15) is 22.3 Å². The van der Waals surface area contributed by atoms with Crippen LogP contribution in [-0.2, 0) is 0 Å². The first kappa shape index (κ1) is 34.9. The minimum atomic E-state index is 0.891. The molecule has 12 rings (SSSR count). The molecule has 0 unspecified atom stereocenters. The van der Waals surface area contributed by atoms with Crippen LogP contribution >= 0.6 is 0 Å². The van der Waals surface area contributed by atoms with Gasteiger partial charge in [0.25, 0.3) is 0 Å². The van der Waals surface area contributed by atoms with E-state index in [-0.39, 0.29) is 0 Å². The number of rotatable bonds is 7.